The van der Waals surface area contributed by atoms with Crippen LogP contribution in [0.15, 0.2) is 30.3 Å². The van der Waals surface area contributed by atoms with Crippen LogP contribution in [-0.2, 0) is 0 Å². The molecule has 2 aliphatic rings. The minimum absolute atomic E-state index is 0.0262. The van der Waals surface area contributed by atoms with Gasteiger partial charge in [0.2, 0.25) is 0 Å². The molecule has 2 N–H and O–H groups in total. The highest BCUT2D eigenvalue weighted by Gasteiger charge is 2.32. The Morgan fingerprint density at radius 1 is 1.23 bits per heavy atom. The van der Waals surface area contributed by atoms with Gasteiger partial charge in [-0.05, 0) is 43.1 Å². The van der Waals surface area contributed by atoms with Gasteiger partial charge in [-0.15, -0.1) is 0 Å². The molecule has 1 atom stereocenters. The van der Waals surface area contributed by atoms with Gasteiger partial charge < -0.3 is 15.3 Å². The zero-order chi connectivity index (χ0) is 15.4. The molecule has 3 rings (SSSR count). The Balaban J connectivity index is 1.67. The van der Waals surface area contributed by atoms with Crippen LogP contribution in [0.3, 0.4) is 0 Å². The second-order valence-corrected chi connectivity index (χ2v) is 6.64. The highest BCUT2D eigenvalue weighted by molar-refractivity contribution is 5.75. The fourth-order valence-electron chi connectivity index (χ4n) is 3.14. The molecule has 120 valence electrons. The lowest BCUT2D eigenvalue weighted by atomic mass is 9.77. The Morgan fingerprint density at radius 2 is 1.95 bits per heavy atom. The van der Waals surface area contributed by atoms with Gasteiger partial charge in [-0.25, -0.2) is 4.79 Å². The number of aliphatic hydroxyl groups is 1. The molecule has 4 nitrogen and oxygen atoms in total. The molecule has 2 fully saturated rings. The molecule has 0 aliphatic heterocycles. The van der Waals surface area contributed by atoms with E-state index in [2.05, 4.69) is 17.4 Å². The van der Waals surface area contributed by atoms with Crippen molar-refractivity contribution in [3.8, 4) is 0 Å². The highest BCUT2D eigenvalue weighted by Crippen LogP contribution is 2.38. The Morgan fingerprint density at radius 3 is 2.50 bits per heavy atom. The summed E-state index contributed by atoms with van der Waals surface area (Å²) in [5, 5.41) is 12.4. The number of hydrogen-bond acceptors (Lipinski definition) is 2. The van der Waals surface area contributed by atoms with Gasteiger partial charge >= 0.3 is 6.03 Å². The predicted octanol–water partition coefficient (Wildman–Crippen LogP) is 2.94. The normalized spacial score (nSPS) is 19.3. The van der Waals surface area contributed by atoms with E-state index in [1.165, 1.54) is 37.7 Å². The number of amides is 2. The van der Waals surface area contributed by atoms with E-state index in [-0.39, 0.29) is 18.7 Å². The Hall–Kier alpha value is -1.55. The Bertz CT molecular complexity index is 483. The highest BCUT2D eigenvalue weighted by atomic mass is 16.3. The van der Waals surface area contributed by atoms with E-state index in [4.69, 9.17) is 0 Å². The maximum Gasteiger partial charge on any atom is 0.317 e. The van der Waals surface area contributed by atoms with E-state index >= 15 is 0 Å². The Kier molecular flexibility index (Phi) is 4.98. The van der Waals surface area contributed by atoms with Gasteiger partial charge in [0.1, 0.15) is 0 Å². The molecule has 0 spiro atoms. The second-order valence-electron chi connectivity index (χ2n) is 6.64. The standard InChI is InChI=1S/C18H26N2O2/c21-12-11-20(13-14-9-10-14)18(22)19-17(16-7-4-8-16)15-5-2-1-3-6-15/h1-3,5-6,14,16-17,21H,4,7-13H2,(H,19,22)/t17-/m0/s1. The molecule has 0 heterocycles. The molecule has 2 amide bonds. The molecule has 0 aromatic heterocycles. The smallest absolute Gasteiger partial charge is 0.317 e. The number of nitrogens with one attached hydrogen (secondary N) is 1. The van der Waals surface area contributed by atoms with Crippen molar-refractivity contribution in [2.45, 2.75) is 38.1 Å². The molecule has 1 aromatic rings. The molecule has 0 bridgehead atoms. The van der Waals surface area contributed by atoms with Crippen molar-refractivity contribution in [2.75, 3.05) is 19.7 Å². The lowest BCUT2D eigenvalue weighted by Gasteiger charge is -2.36. The van der Waals surface area contributed by atoms with Gasteiger partial charge in [0.05, 0.1) is 12.6 Å². The number of hydrogen-bond donors (Lipinski definition) is 2. The van der Waals surface area contributed by atoms with Gasteiger partial charge in [-0.2, -0.15) is 0 Å². The van der Waals surface area contributed by atoms with Crippen LogP contribution in [0.4, 0.5) is 4.79 Å². The molecular formula is C18H26N2O2. The monoisotopic (exact) mass is 302 g/mol. The fraction of sp³-hybridized carbons (Fsp3) is 0.611. The van der Waals surface area contributed by atoms with Crippen molar-refractivity contribution in [3.63, 3.8) is 0 Å². The summed E-state index contributed by atoms with van der Waals surface area (Å²) in [6.07, 6.45) is 6.04. The summed E-state index contributed by atoms with van der Waals surface area (Å²) in [5.74, 6) is 1.18. The van der Waals surface area contributed by atoms with Crippen molar-refractivity contribution in [1.29, 1.82) is 0 Å². The van der Waals surface area contributed by atoms with Crippen LogP contribution in [0.5, 0.6) is 0 Å². The molecule has 0 radical (unpaired) electrons. The van der Waals surface area contributed by atoms with Crippen molar-refractivity contribution in [2.24, 2.45) is 11.8 Å². The van der Waals surface area contributed by atoms with Crippen LogP contribution >= 0.6 is 0 Å². The fourth-order valence-corrected chi connectivity index (χ4v) is 3.14. The summed E-state index contributed by atoms with van der Waals surface area (Å²) in [7, 11) is 0. The molecular weight excluding hydrogens is 276 g/mol. The molecule has 0 saturated heterocycles. The lowest BCUT2D eigenvalue weighted by Crippen LogP contribution is -2.46. The Labute approximate surface area is 132 Å². The van der Waals surface area contributed by atoms with Gasteiger partial charge in [-0.3, -0.25) is 0 Å². The summed E-state index contributed by atoms with van der Waals surface area (Å²) in [5.41, 5.74) is 1.19. The van der Waals surface area contributed by atoms with Crippen molar-refractivity contribution >= 4 is 6.03 Å². The number of benzene rings is 1. The number of urea groups is 1. The third-order valence-corrected chi connectivity index (χ3v) is 4.89. The minimum Gasteiger partial charge on any atom is -0.395 e. The first-order valence-corrected chi connectivity index (χ1v) is 8.49. The number of aliphatic hydroxyl groups excluding tert-OH is 1. The number of rotatable bonds is 7. The quantitative estimate of drug-likeness (QED) is 0.813. The van der Waals surface area contributed by atoms with Gasteiger partial charge in [-0.1, -0.05) is 36.8 Å². The summed E-state index contributed by atoms with van der Waals surface area (Å²) in [6.45, 7) is 1.23. The predicted molar refractivity (Wildman–Crippen MR) is 86.4 cm³/mol. The average Bonchev–Trinajstić information content (AvgIpc) is 3.29. The van der Waals surface area contributed by atoms with Crippen LogP contribution in [0.1, 0.15) is 43.7 Å². The third kappa shape index (κ3) is 3.80. The average molecular weight is 302 g/mol. The van der Waals surface area contributed by atoms with E-state index < -0.39 is 0 Å². The summed E-state index contributed by atoms with van der Waals surface area (Å²) >= 11 is 0. The summed E-state index contributed by atoms with van der Waals surface area (Å²) in [4.78, 5) is 14.4. The second kappa shape index (κ2) is 7.14. The number of nitrogens with zero attached hydrogens (tertiary/aromatic N) is 1. The maximum absolute atomic E-state index is 12.6. The molecule has 0 unspecified atom stereocenters. The van der Waals surface area contributed by atoms with Crippen molar-refractivity contribution < 1.29 is 9.90 Å². The lowest BCUT2D eigenvalue weighted by molar-refractivity contribution is 0.159. The first-order chi connectivity index (χ1) is 10.8. The molecule has 1 aromatic carbocycles. The van der Waals surface area contributed by atoms with E-state index in [1.54, 1.807) is 4.90 Å². The third-order valence-electron chi connectivity index (χ3n) is 4.89. The zero-order valence-electron chi connectivity index (χ0n) is 13.1. The van der Waals surface area contributed by atoms with Crippen LogP contribution < -0.4 is 5.32 Å². The minimum atomic E-state index is -0.0262. The van der Waals surface area contributed by atoms with Gasteiger partial charge in [0.15, 0.2) is 0 Å². The largest absolute Gasteiger partial charge is 0.395 e. The number of carbonyl (C=O) groups excluding carboxylic acids is 1. The summed E-state index contributed by atoms with van der Waals surface area (Å²) in [6, 6.07) is 10.3. The first-order valence-electron chi connectivity index (χ1n) is 8.49. The van der Waals surface area contributed by atoms with E-state index in [0.717, 1.165) is 6.54 Å². The van der Waals surface area contributed by atoms with E-state index in [9.17, 15) is 9.90 Å². The van der Waals surface area contributed by atoms with Crippen molar-refractivity contribution in [3.05, 3.63) is 35.9 Å². The molecule has 2 aliphatic carbocycles. The molecule has 4 heteroatoms. The van der Waals surface area contributed by atoms with Crippen LogP contribution in [0, 0.1) is 11.8 Å². The van der Waals surface area contributed by atoms with Crippen LogP contribution in [0.25, 0.3) is 0 Å². The molecule has 22 heavy (non-hydrogen) atoms. The topological polar surface area (TPSA) is 52.6 Å². The first kappa shape index (κ1) is 15.3. The zero-order valence-corrected chi connectivity index (χ0v) is 13.1. The van der Waals surface area contributed by atoms with Crippen molar-refractivity contribution in [1.82, 2.24) is 10.2 Å². The van der Waals surface area contributed by atoms with Gasteiger partial charge in [0.25, 0.3) is 0 Å². The van der Waals surface area contributed by atoms with Crippen LogP contribution in [0.2, 0.25) is 0 Å². The van der Waals surface area contributed by atoms with Crippen LogP contribution in [-0.4, -0.2) is 35.7 Å². The maximum atomic E-state index is 12.6. The SMILES string of the molecule is O=C(N[C@@H](c1ccccc1)C1CCC1)N(CCO)CC1CC1. The van der Waals surface area contributed by atoms with E-state index in [0.29, 0.717) is 18.4 Å². The molecule has 2 saturated carbocycles. The summed E-state index contributed by atoms with van der Waals surface area (Å²) < 4.78 is 0. The number of carbonyl (C=O) groups is 1. The van der Waals surface area contributed by atoms with E-state index in [1.807, 2.05) is 18.2 Å². The van der Waals surface area contributed by atoms with Gasteiger partial charge in [0, 0.05) is 13.1 Å².